The van der Waals surface area contributed by atoms with Crippen LogP contribution in [-0.2, 0) is 4.79 Å². The van der Waals surface area contributed by atoms with E-state index in [2.05, 4.69) is 15.3 Å². The third-order valence-corrected chi connectivity index (χ3v) is 5.54. The highest BCUT2D eigenvalue weighted by atomic mass is 32.1. The second-order valence-corrected chi connectivity index (χ2v) is 7.99. The van der Waals surface area contributed by atoms with Gasteiger partial charge in [0.05, 0.1) is 5.39 Å². The minimum atomic E-state index is -0.373. The number of aromatic nitrogens is 2. The normalized spacial score (nSPS) is 10.7. The minimum absolute atomic E-state index is 0.119. The number of hydrogen-bond acceptors (Lipinski definition) is 6. The van der Waals surface area contributed by atoms with Crippen molar-refractivity contribution < 1.29 is 18.7 Å². The van der Waals surface area contributed by atoms with Crippen LogP contribution in [0, 0.1) is 5.82 Å². The molecule has 4 rings (SSSR count). The molecule has 0 aliphatic heterocycles. The zero-order valence-corrected chi connectivity index (χ0v) is 18.1. The number of carbonyl (C=O) groups is 2. The van der Waals surface area contributed by atoms with Crippen LogP contribution in [-0.4, -0.2) is 47.4 Å². The van der Waals surface area contributed by atoms with Crippen molar-refractivity contribution in [1.82, 2.24) is 14.9 Å². The van der Waals surface area contributed by atoms with Crippen molar-refractivity contribution in [2.45, 2.75) is 0 Å². The highest BCUT2D eigenvalue weighted by Gasteiger charge is 2.16. The Morgan fingerprint density at radius 3 is 2.47 bits per heavy atom. The molecule has 9 heteroatoms. The maximum Gasteiger partial charge on any atom is 0.262 e. The molecule has 2 amide bonds. The van der Waals surface area contributed by atoms with E-state index < -0.39 is 0 Å². The fourth-order valence-electron chi connectivity index (χ4n) is 3.08. The number of rotatable bonds is 6. The van der Waals surface area contributed by atoms with Gasteiger partial charge in [-0.15, -0.1) is 11.3 Å². The van der Waals surface area contributed by atoms with E-state index in [0.29, 0.717) is 21.5 Å². The fraction of sp³-hybridized carbons (Fsp3) is 0.130. The minimum Gasteiger partial charge on any atom is -0.467 e. The molecule has 0 spiro atoms. The van der Waals surface area contributed by atoms with Gasteiger partial charge in [0.1, 0.15) is 17.0 Å². The average molecular weight is 450 g/mol. The first-order valence-electron chi connectivity index (χ1n) is 9.65. The fourth-order valence-corrected chi connectivity index (χ4v) is 3.99. The van der Waals surface area contributed by atoms with Crippen LogP contribution < -0.4 is 10.1 Å². The van der Waals surface area contributed by atoms with E-state index in [9.17, 15) is 14.0 Å². The van der Waals surface area contributed by atoms with Gasteiger partial charge in [0.2, 0.25) is 5.88 Å². The molecule has 0 saturated heterocycles. The summed E-state index contributed by atoms with van der Waals surface area (Å²) in [4.78, 5) is 35.0. The summed E-state index contributed by atoms with van der Waals surface area (Å²) in [6.07, 6.45) is 1.38. The van der Waals surface area contributed by atoms with Gasteiger partial charge < -0.3 is 15.0 Å². The van der Waals surface area contributed by atoms with Gasteiger partial charge in [-0.3, -0.25) is 9.59 Å². The number of hydrogen-bond donors (Lipinski definition) is 1. The van der Waals surface area contributed by atoms with E-state index in [4.69, 9.17) is 4.74 Å². The largest absolute Gasteiger partial charge is 0.467 e. The Kier molecular flexibility index (Phi) is 6.09. The zero-order chi connectivity index (χ0) is 22.7. The lowest BCUT2D eigenvalue weighted by Gasteiger charge is -2.11. The Bertz CT molecular complexity index is 1270. The second kappa shape index (κ2) is 9.11. The predicted molar refractivity (Wildman–Crippen MR) is 121 cm³/mol. The summed E-state index contributed by atoms with van der Waals surface area (Å²) in [6, 6.07) is 12.7. The molecule has 0 atom stereocenters. The Morgan fingerprint density at radius 1 is 1.06 bits per heavy atom. The van der Waals surface area contributed by atoms with Crippen molar-refractivity contribution in [3.8, 4) is 17.0 Å². The number of carbonyl (C=O) groups excluding carboxylic acids is 2. The molecular weight excluding hydrogens is 431 g/mol. The average Bonchev–Trinajstić information content (AvgIpc) is 3.23. The van der Waals surface area contributed by atoms with E-state index in [1.165, 1.54) is 34.7 Å². The Labute approximate surface area is 187 Å². The molecule has 0 aliphatic carbocycles. The van der Waals surface area contributed by atoms with Gasteiger partial charge in [-0.05, 0) is 42.0 Å². The Hall–Kier alpha value is -3.85. The molecule has 32 heavy (non-hydrogen) atoms. The monoisotopic (exact) mass is 450 g/mol. The molecule has 7 nitrogen and oxygen atoms in total. The molecule has 4 aromatic rings. The van der Waals surface area contributed by atoms with Gasteiger partial charge in [0.25, 0.3) is 11.8 Å². The van der Waals surface area contributed by atoms with Crippen molar-refractivity contribution in [3.63, 3.8) is 0 Å². The summed E-state index contributed by atoms with van der Waals surface area (Å²) in [5.74, 6) is -0.539. The highest BCUT2D eigenvalue weighted by Crippen LogP contribution is 2.37. The van der Waals surface area contributed by atoms with Crippen molar-refractivity contribution >= 4 is 39.1 Å². The summed E-state index contributed by atoms with van der Waals surface area (Å²) in [5.41, 5.74) is 2.68. The van der Waals surface area contributed by atoms with Crippen LogP contribution in [0.5, 0.6) is 5.88 Å². The van der Waals surface area contributed by atoms with Crippen molar-refractivity contribution in [1.29, 1.82) is 0 Å². The van der Waals surface area contributed by atoms with E-state index in [1.807, 2.05) is 5.38 Å². The third kappa shape index (κ3) is 4.57. The van der Waals surface area contributed by atoms with E-state index >= 15 is 0 Å². The number of fused-ring (bicyclic) bond motifs is 1. The number of nitrogens with one attached hydrogen (secondary N) is 1. The quantitative estimate of drug-likeness (QED) is 0.476. The SMILES string of the molecule is CN(C)C(=O)c1ccc(NC(=O)COc2ncnc3scc(-c4ccc(F)cc4)c23)cc1. The number of nitrogens with zero attached hydrogens (tertiary/aromatic N) is 3. The third-order valence-electron chi connectivity index (χ3n) is 4.65. The first kappa shape index (κ1) is 21.4. The van der Waals surface area contributed by atoms with Gasteiger partial charge in [-0.25, -0.2) is 14.4 Å². The van der Waals surface area contributed by atoms with E-state index in [-0.39, 0.29) is 30.1 Å². The number of ether oxygens (including phenoxy) is 1. The lowest BCUT2D eigenvalue weighted by molar-refractivity contribution is -0.118. The van der Waals surface area contributed by atoms with E-state index in [1.54, 1.807) is 50.5 Å². The molecule has 0 bridgehead atoms. The van der Waals surface area contributed by atoms with Crippen LogP contribution in [0.1, 0.15) is 10.4 Å². The summed E-state index contributed by atoms with van der Waals surface area (Å²) in [5, 5.41) is 5.30. The van der Waals surface area contributed by atoms with Gasteiger partial charge in [0.15, 0.2) is 6.61 Å². The molecule has 162 valence electrons. The number of halogens is 1. The van der Waals surface area contributed by atoms with Crippen LogP contribution in [0.3, 0.4) is 0 Å². The van der Waals surface area contributed by atoms with Crippen LogP contribution in [0.15, 0.2) is 60.2 Å². The summed E-state index contributed by atoms with van der Waals surface area (Å²) in [7, 11) is 3.35. The lowest BCUT2D eigenvalue weighted by atomic mass is 10.1. The molecule has 2 aromatic heterocycles. The molecule has 0 unspecified atom stereocenters. The summed E-state index contributed by atoms with van der Waals surface area (Å²) in [6.45, 7) is -0.261. The topological polar surface area (TPSA) is 84.4 Å². The number of amides is 2. The molecule has 1 N–H and O–H groups in total. The van der Waals surface area contributed by atoms with Gasteiger partial charge in [-0.1, -0.05) is 12.1 Å². The molecular formula is C23H19FN4O3S. The smallest absolute Gasteiger partial charge is 0.262 e. The predicted octanol–water partition coefficient (Wildman–Crippen LogP) is 4.22. The van der Waals surface area contributed by atoms with Gasteiger partial charge >= 0.3 is 0 Å². The highest BCUT2D eigenvalue weighted by molar-refractivity contribution is 7.17. The molecule has 0 saturated carbocycles. The van der Waals surface area contributed by atoms with Crippen LogP contribution in [0.4, 0.5) is 10.1 Å². The number of anilines is 1. The van der Waals surface area contributed by atoms with Crippen LogP contribution in [0.2, 0.25) is 0 Å². The van der Waals surface area contributed by atoms with Crippen molar-refractivity contribution in [3.05, 3.63) is 71.6 Å². The lowest BCUT2D eigenvalue weighted by Crippen LogP contribution is -2.22. The molecule has 2 heterocycles. The van der Waals surface area contributed by atoms with Crippen molar-refractivity contribution in [2.75, 3.05) is 26.0 Å². The first-order chi connectivity index (χ1) is 15.4. The Balaban J connectivity index is 1.47. The molecule has 0 aliphatic rings. The van der Waals surface area contributed by atoms with Crippen LogP contribution >= 0.6 is 11.3 Å². The zero-order valence-electron chi connectivity index (χ0n) is 17.3. The molecule has 2 aromatic carbocycles. The maximum atomic E-state index is 13.3. The summed E-state index contributed by atoms with van der Waals surface area (Å²) >= 11 is 1.41. The molecule has 0 fully saturated rings. The second-order valence-electron chi connectivity index (χ2n) is 7.13. The number of thiophene rings is 1. The Morgan fingerprint density at radius 2 is 1.78 bits per heavy atom. The summed E-state index contributed by atoms with van der Waals surface area (Å²) < 4.78 is 19.0. The maximum absolute atomic E-state index is 13.3. The van der Waals surface area contributed by atoms with E-state index in [0.717, 1.165) is 11.1 Å². The van der Waals surface area contributed by atoms with Crippen molar-refractivity contribution in [2.24, 2.45) is 0 Å². The van der Waals surface area contributed by atoms with Crippen LogP contribution in [0.25, 0.3) is 21.3 Å². The molecule has 0 radical (unpaired) electrons. The van der Waals surface area contributed by atoms with Gasteiger partial charge in [-0.2, -0.15) is 0 Å². The van der Waals surface area contributed by atoms with Gasteiger partial charge in [0, 0.05) is 36.3 Å². The standard InChI is InChI=1S/C23H19FN4O3S/c1-28(2)23(30)15-5-9-17(10-6-15)27-19(29)11-31-21-20-18(12-32-22(20)26-13-25-21)14-3-7-16(24)8-4-14/h3-10,12-13H,11H2,1-2H3,(H,27,29). The number of benzene rings is 2. The first-order valence-corrected chi connectivity index (χ1v) is 10.5.